The van der Waals surface area contributed by atoms with Gasteiger partial charge in [-0.25, -0.2) is 0 Å². The number of nitrogens with zero attached hydrogens (tertiary/aromatic N) is 1. The van der Waals surface area contributed by atoms with Crippen LogP contribution in [0.15, 0.2) is 30.5 Å². The highest BCUT2D eigenvalue weighted by atomic mass is 19.4. The van der Waals surface area contributed by atoms with E-state index in [2.05, 4.69) is 0 Å². The van der Waals surface area contributed by atoms with Crippen LogP contribution < -0.4 is 0 Å². The molecule has 0 heterocycles. The van der Waals surface area contributed by atoms with Gasteiger partial charge in [-0.3, -0.25) is 4.79 Å². The molecule has 0 aliphatic heterocycles. The van der Waals surface area contributed by atoms with Crippen LogP contribution in [-0.2, 0) is 11.0 Å². The van der Waals surface area contributed by atoms with Crippen molar-refractivity contribution in [2.75, 3.05) is 14.1 Å². The smallest absolute Gasteiger partial charge is 0.383 e. The summed E-state index contributed by atoms with van der Waals surface area (Å²) in [5.74, 6) is -0.191. The van der Waals surface area contributed by atoms with Crippen LogP contribution in [0.25, 0.3) is 5.57 Å². The van der Waals surface area contributed by atoms with E-state index in [1.165, 1.54) is 19.1 Å². The molecule has 0 N–H and O–H groups in total. The molecule has 0 atom stereocenters. The molecular weight excluding hydrogens is 243 g/mol. The third-order valence-electron chi connectivity index (χ3n) is 2.29. The van der Waals surface area contributed by atoms with E-state index in [-0.39, 0.29) is 5.78 Å². The molecule has 1 rings (SSSR count). The SMILES string of the molecule is CC(=O)/C(=C/N(C)C)c1ccc(C(F)(F)F)cc1. The van der Waals surface area contributed by atoms with Crippen molar-refractivity contribution in [3.8, 4) is 0 Å². The first-order valence-corrected chi connectivity index (χ1v) is 5.28. The number of hydrogen-bond acceptors (Lipinski definition) is 2. The molecule has 0 spiro atoms. The van der Waals surface area contributed by atoms with Gasteiger partial charge in [0, 0.05) is 25.9 Å². The van der Waals surface area contributed by atoms with Crippen LogP contribution in [0.1, 0.15) is 18.1 Å². The fourth-order valence-corrected chi connectivity index (χ4v) is 1.47. The van der Waals surface area contributed by atoms with Gasteiger partial charge in [-0.2, -0.15) is 13.2 Å². The minimum absolute atomic E-state index is 0.191. The molecule has 0 unspecified atom stereocenters. The van der Waals surface area contributed by atoms with Crippen LogP contribution in [0.4, 0.5) is 13.2 Å². The molecule has 0 aliphatic carbocycles. The van der Waals surface area contributed by atoms with E-state index in [4.69, 9.17) is 0 Å². The molecule has 0 aromatic heterocycles. The summed E-state index contributed by atoms with van der Waals surface area (Å²) < 4.78 is 37.2. The lowest BCUT2D eigenvalue weighted by atomic mass is 10.0. The topological polar surface area (TPSA) is 20.3 Å². The van der Waals surface area contributed by atoms with Gasteiger partial charge in [0.1, 0.15) is 0 Å². The number of ketones is 1. The molecule has 0 saturated carbocycles. The van der Waals surface area contributed by atoms with Gasteiger partial charge < -0.3 is 4.90 Å². The van der Waals surface area contributed by atoms with E-state index in [0.29, 0.717) is 11.1 Å². The third-order valence-corrected chi connectivity index (χ3v) is 2.29. The Hall–Kier alpha value is -1.78. The Morgan fingerprint density at radius 3 is 2.00 bits per heavy atom. The van der Waals surface area contributed by atoms with Crippen molar-refractivity contribution >= 4 is 11.4 Å². The van der Waals surface area contributed by atoms with Crippen LogP contribution in [0, 0.1) is 0 Å². The van der Waals surface area contributed by atoms with Crippen molar-refractivity contribution < 1.29 is 18.0 Å². The van der Waals surface area contributed by atoms with Gasteiger partial charge in [-0.15, -0.1) is 0 Å². The Morgan fingerprint density at radius 2 is 1.67 bits per heavy atom. The number of Topliss-reactive ketones (excluding diaryl/α,β-unsaturated/α-hetero) is 1. The standard InChI is InChI=1S/C13H14F3NO/c1-9(18)12(8-17(2)3)10-4-6-11(7-5-10)13(14,15)16/h4-8H,1-3H3/b12-8-. The van der Waals surface area contributed by atoms with Crippen LogP contribution in [-0.4, -0.2) is 24.8 Å². The van der Waals surface area contributed by atoms with Crippen LogP contribution in [0.5, 0.6) is 0 Å². The van der Waals surface area contributed by atoms with Gasteiger partial charge in [0.2, 0.25) is 0 Å². The van der Waals surface area contributed by atoms with E-state index < -0.39 is 11.7 Å². The zero-order chi connectivity index (χ0) is 13.9. The van der Waals surface area contributed by atoms with Crippen molar-refractivity contribution in [2.24, 2.45) is 0 Å². The quantitative estimate of drug-likeness (QED) is 0.775. The van der Waals surface area contributed by atoms with Gasteiger partial charge in [-0.1, -0.05) is 12.1 Å². The monoisotopic (exact) mass is 257 g/mol. The van der Waals surface area contributed by atoms with Crippen molar-refractivity contribution in [1.29, 1.82) is 0 Å². The summed E-state index contributed by atoms with van der Waals surface area (Å²) in [6, 6.07) is 4.56. The zero-order valence-electron chi connectivity index (χ0n) is 10.4. The van der Waals surface area contributed by atoms with Gasteiger partial charge in [0.05, 0.1) is 5.56 Å². The first-order chi connectivity index (χ1) is 8.21. The number of carbonyl (C=O) groups is 1. The van der Waals surface area contributed by atoms with Gasteiger partial charge in [0.25, 0.3) is 0 Å². The van der Waals surface area contributed by atoms with Gasteiger partial charge in [0.15, 0.2) is 5.78 Å². The van der Waals surface area contributed by atoms with E-state index in [9.17, 15) is 18.0 Å². The summed E-state index contributed by atoms with van der Waals surface area (Å²) in [4.78, 5) is 13.1. The molecule has 0 radical (unpaired) electrons. The molecule has 0 saturated heterocycles. The lowest BCUT2D eigenvalue weighted by molar-refractivity contribution is -0.137. The largest absolute Gasteiger partial charge is 0.416 e. The van der Waals surface area contributed by atoms with Crippen LogP contribution in [0.3, 0.4) is 0 Å². The summed E-state index contributed by atoms with van der Waals surface area (Å²) in [6.45, 7) is 1.38. The number of rotatable bonds is 3. The van der Waals surface area contributed by atoms with Crippen molar-refractivity contribution in [1.82, 2.24) is 4.90 Å². The molecule has 2 nitrogen and oxygen atoms in total. The van der Waals surface area contributed by atoms with Gasteiger partial charge in [-0.05, 0) is 24.6 Å². The molecular formula is C13H14F3NO. The van der Waals surface area contributed by atoms with Crippen LogP contribution in [0.2, 0.25) is 0 Å². The number of alkyl halides is 3. The fraction of sp³-hybridized carbons (Fsp3) is 0.308. The first-order valence-electron chi connectivity index (χ1n) is 5.28. The van der Waals surface area contributed by atoms with E-state index in [1.54, 1.807) is 25.2 Å². The average Bonchev–Trinajstić information content (AvgIpc) is 2.24. The number of hydrogen-bond donors (Lipinski definition) is 0. The molecule has 5 heteroatoms. The highest BCUT2D eigenvalue weighted by molar-refractivity contribution is 6.19. The number of halogens is 3. The Kier molecular flexibility index (Phi) is 4.16. The van der Waals surface area contributed by atoms with Crippen molar-refractivity contribution in [3.05, 3.63) is 41.6 Å². The maximum absolute atomic E-state index is 12.4. The molecule has 0 amide bonds. The highest BCUT2D eigenvalue weighted by Crippen LogP contribution is 2.30. The molecule has 0 bridgehead atoms. The third kappa shape index (κ3) is 3.61. The number of carbonyl (C=O) groups excluding carboxylic acids is 1. The summed E-state index contributed by atoms with van der Waals surface area (Å²) in [5, 5.41) is 0. The predicted molar refractivity (Wildman–Crippen MR) is 63.8 cm³/mol. The van der Waals surface area contributed by atoms with Crippen molar-refractivity contribution in [3.63, 3.8) is 0 Å². The summed E-state index contributed by atoms with van der Waals surface area (Å²) in [7, 11) is 3.49. The van der Waals surface area contributed by atoms with Crippen molar-refractivity contribution in [2.45, 2.75) is 13.1 Å². The Balaban J connectivity index is 3.14. The Morgan fingerprint density at radius 1 is 1.17 bits per heavy atom. The van der Waals surface area contributed by atoms with Crippen LogP contribution >= 0.6 is 0 Å². The maximum atomic E-state index is 12.4. The second-order valence-electron chi connectivity index (χ2n) is 4.14. The Bertz CT molecular complexity index is 458. The summed E-state index contributed by atoms with van der Waals surface area (Å²) in [6.07, 6.45) is -2.77. The second-order valence-corrected chi connectivity index (χ2v) is 4.14. The molecule has 98 valence electrons. The molecule has 0 aliphatic rings. The minimum Gasteiger partial charge on any atom is -0.383 e. The number of benzene rings is 1. The number of allylic oxidation sites excluding steroid dienone is 1. The molecule has 18 heavy (non-hydrogen) atoms. The normalized spacial score (nSPS) is 12.4. The Labute approximate surface area is 104 Å². The highest BCUT2D eigenvalue weighted by Gasteiger charge is 2.30. The van der Waals surface area contributed by atoms with E-state index >= 15 is 0 Å². The summed E-state index contributed by atoms with van der Waals surface area (Å²) >= 11 is 0. The van der Waals surface area contributed by atoms with E-state index in [0.717, 1.165) is 12.1 Å². The van der Waals surface area contributed by atoms with E-state index in [1.807, 2.05) is 0 Å². The second kappa shape index (κ2) is 5.25. The fourth-order valence-electron chi connectivity index (χ4n) is 1.47. The lowest BCUT2D eigenvalue weighted by Crippen LogP contribution is -2.08. The average molecular weight is 257 g/mol. The minimum atomic E-state index is -4.36. The summed E-state index contributed by atoms with van der Waals surface area (Å²) in [5.41, 5.74) is 0.136. The van der Waals surface area contributed by atoms with Gasteiger partial charge >= 0.3 is 6.18 Å². The molecule has 0 fully saturated rings. The lowest BCUT2D eigenvalue weighted by Gasteiger charge is -2.11. The molecule has 1 aromatic rings. The molecule has 1 aromatic carbocycles. The maximum Gasteiger partial charge on any atom is 0.416 e. The first kappa shape index (κ1) is 14.3. The zero-order valence-corrected chi connectivity index (χ0v) is 10.4. The predicted octanol–water partition coefficient (Wildman–Crippen LogP) is 3.20.